The highest BCUT2D eigenvalue weighted by atomic mass is 32.2. The molecule has 5 nitrogen and oxygen atoms in total. The van der Waals surface area contributed by atoms with Gasteiger partial charge in [-0.1, -0.05) is 24.0 Å². The van der Waals surface area contributed by atoms with Gasteiger partial charge in [-0.25, -0.2) is 4.39 Å². The number of halogens is 1. The van der Waals surface area contributed by atoms with Gasteiger partial charge in [0.05, 0.1) is 15.5 Å². The number of nitrogens with zero attached hydrogens (tertiary/aromatic N) is 2. The van der Waals surface area contributed by atoms with Crippen LogP contribution >= 0.6 is 24.0 Å². The van der Waals surface area contributed by atoms with Gasteiger partial charge in [-0.3, -0.25) is 19.8 Å². The average Bonchev–Trinajstić information content (AvgIpc) is 2.83. The van der Waals surface area contributed by atoms with E-state index in [1.165, 1.54) is 41.3 Å². The molecule has 0 saturated carbocycles. The van der Waals surface area contributed by atoms with Crippen LogP contribution in [0, 0.1) is 15.9 Å². The molecule has 0 unspecified atom stereocenters. The third-order valence-corrected chi connectivity index (χ3v) is 4.58. The highest BCUT2D eigenvalue weighted by molar-refractivity contribution is 8.27. The molecule has 1 heterocycles. The van der Waals surface area contributed by atoms with Crippen LogP contribution in [0.5, 0.6) is 0 Å². The van der Waals surface area contributed by atoms with Crippen LogP contribution in [0.2, 0.25) is 0 Å². The van der Waals surface area contributed by atoms with Crippen molar-refractivity contribution in [1.82, 2.24) is 0 Å². The Bertz CT molecular complexity index is 864. The number of non-ortho nitro benzene ring substituents is 1. The predicted molar refractivity (Wildman–Crippen MR) is 95.1 cm³/mol. The number of hydrogen-bond donors (Lipinski definition) is 0. The second-order valence-electron chi connectivity index (χ2n) is 4.84. The van der Waals surface area contributed by atoms with Crippen LogP contribution in [-0.2, 0) is 4.79 Å². The van der Waals surface area contributed by atoms with E-state index in [9.17, 15) is 19.3 Å². The largest absolute Gasteiger partial charge is 0.270 e. The van der Waals surface area contributed by atoms with Gasteiger partial charge in [0.1, 0.15) is 5.82 Å². The van der Waals surface area contributed by atoms with Crippen molar-refractivity contribution in [3.63, 3.8) is 0 Å². The minimum atomic E-state index is -0.488. The second kappa shape index (κ2) is 6.50. The highest BCUT2D eigenvalue weighted by Gasteiger charge is 2.33. The second-order valence-corrected chi connectivity index (χ2v) is 6.52. The van der Waals surface area contributed by atoms with Crippen molar-refractivity contribution in [2.45, 2.75) is 0 Å². The lowest BCUT2D eigenvalue weighted by Crippen LogP contribution is -2.27. The van der Waals surface area contributed by atoms with E-state index in [0.717, 1.165) is 11.8 Å². The zero-order valence-corrected chi connectivity index (χ0v) is 13.6. The first-order chi connectivity index (χ1) is 11.5. The zero-order valence-electron chi connectivity index (χ0n) is 12.0. The molecule has 1 fully saturated rings. The van der Waals surface area contributed by atoms with Crippen molar-refractivity contribution in [3.8, 4) is 0 Å². The average molecular weight is 360 g/mol. The summed E-state index contributed by atoms with van der Waals surface area (Å²) in [6.07, 6.45) is 1.62. The molecule has 8 heteroatoms. The molecule has 0 N–H and O–H groups in total. The molecule has 0 spiro atoms. The molecule has 1 aliphatic rings. The maximum Gasteiger partial charge on any atom is 0.270 e. The number of thioether (sulfide) groups is 1. The van der Waals surface area contributed by atoms with Gasteiger partial charge < -0.3 is 0 Å². The fourth-order valence-corrected chi connectivity index (χ4v) is 3.42. The molecule has 1 saturated heterocycles. The van der Waals surface area contributed by atoms with Crippen LogP contribution in [0.3, 0.4) is 0 Å². The third-order valence-electron chi connectivity index (χ3n) is 3.28. The Morgan fingerprint density at radius 3 is 2.33 bits per heavy atom. The number of anilines is 1. The predicted octanol–water partition coefficient (Wildman–Crippen LogP) is 4.14. The van der Waals surface area contributed by atoms with Gasteiger partial charge in [0.25, 0.3) is 11.6 Å². The van der Waals surface area contributed by atoms with E-state index in [2.05, 4.69) is 0 Å². The lowest BCUT2D eigenvalue weighted by atomic mass is 10.2. The number of benzene rings is 2. The molecule has 0 radical (unpaired) electrons. The van der Waals surface area contributed by atoms with Gasteiger partial charge in [-0.2, -0.15) is 0 Å². The van der Waals surface area contributed by atoms with Crippen LogP contribution in [0.25, 0.3) is 6.08 Å². The van der Waals surface area contributed by atoms with E-state index in [1.54, 1.807) is 18.2 Å². The summed E-state index contributed by atoms with van der Waals surface area (Å²) >= 11 is 6.35. The Balaban J connectivity index is 1.87. The summed E-state index contributed by atoms with van der Waals surface area (Å²) in [7, 11) is 0. The lowest BCUT2D eigenvalue weighted by molar-refractivity contribution is -0.384. The first kappa shape index (κ1) is 16.3. The topological polar surface area (TPSA) is 63.4 Å². The number of rotatable bonds is 3. The zero-order chi connectivity index (χ0) is 17.3. The van der Waals surface area contributed by atoms with E-state index in [-0.39, 0.29) is 11.6 Å². The summed E-state index contributed by atoms with van der Waals surface area (Å²) in [5.74, 6) is -0.708. The quantitative estimate of drug-likeness (QED) is 0.356. The van der Waals surface area contributed by atoms with Crippen LogP contribution < -0.4 is 4.90 Å². The van der Waals surface area contributed by atoms with Crippen molar-refractivity contribution in [2.75, 3.05) is 4.90 Å². The van der Waals surface area contributed by atoms with Crippen LogP contribution in [0.4, 0.5) is 15.8 Å². The normalized spacial score (nSPS) is 16.0. The summed E-state index contributed by atoms with van der Waals surface area (Å²) in [4.78, 5) is 24.4. The minimum Gasteiger partial charge on any atom is -0.268 e. The van der Waals surface area contributed by atoms with E-state index in [1.807, 2.05) is 0 Å². The molecule has 120 valence electrons. The van der Waals surface area contributed by atoms with Crippen LogP contribution in [0.15, 0.2) is 53.4 Å². The lowest BCUT2D eigenvalue weighted by Gasteiger charge is -2.14. The molecule has 3 rings (SSSR count). The Morgan fingerprint density at radius 2 is 1.75 bits per heavy atom. The Morgan fingerprint density at radius 1 is 1.12 bits per heavy atom. The van der Waals surface area contributed by atoms with Crippen molar-refractivity contribution < 1.29 is 14.1 Å². The molecule has 24 heavy (non-hydrogen) atoms. The minimum absolute atomic E-state index is 0.0222. The molecular weight excluding hydrogens is 351 g/mol. The van der Waals surface area contributed by atoms with Gasteiger partial charge in [-0.15, -0.1) is 0 Å². The summed E-state index contributed by atoms with van der Waals surface area (Å²) in [5.41, 5.74) is 1.12. The maximum absolute atomic E-state index is 13.0. The van der Waals surface area contributed by atoms with Gasteiger partial charge in [0.15, 0.2) is 4.32 Å². The maximum atomic E-state index is 13.0. The third kappa shape index (κ3) is 3.19. The van der Waals surface area contributed by atoms with Gasteiger partial charge >= 0.3 is 0 Å². The summed E-state index contributed by atoms with van der Waals surface area (Å²) in [6.45, 7) is 0. The molecule has 0 aromatic heterocycles. The molecule has 1 amide bonds. The monoisotopic (exact) mass is 360 g/mol. The first-order valence-corrected chi connectivity index (χ1v) is 7.96. The number of carbonyl (C=O) groups excluding carboxylic acids is 1. The van der Waals surface area contributed by atoms with Crippen molar-refractivity contribution in [3.05, 3.63) is 74.9 Å². The van der Waals surface area contributed by atoms with Gasteiger partial charge in [0, 0.05) is 12.1 Å². The molecule has 0 aliphatic carbocycles. The van der Waals surface area contributed by atoms with Gasteiger partial charge in [-0.05, 0) is 48.0 Å². The first-order valence-electron chi connectivity index (χ1n) is 6.74. The molecule has 2 aromatic carbocycles. The van der Waals surface area contributed by atoms with E-state index in [0.29, 0.717) is 20.5 Å². The number of amides is 1. The Labute approximate surface area is 145 Å². The SMILES string of the molecule is O=C1/C(=C\c2ccc([N+](=O)[O-])cc2)SC(=S)N1c1ccc(F)cc1. The Hall–Kier alpha value is -2.58. The number of carbonyl (C=O) groups is 1. The van der Waals surface area contributed by atoms with E-state index in [4.69, 9.17) is 12.2 Å². The molecule has 1 aliphatic heterocycles. The summed E-state index contributed by atoms with van der Waals surface area (Å²) in [6, 6.07) is 11.3. The summed E-state index contributed by atoms with van der Waals surface area (Å²) in [5, 5.41) is 10.7. The van der Waals surface area contributed by atoms with Crippen molar-refractivity contribution >= 4 is 51.7 Å². The molecule has 0 bridgehead atoms. The number of nitro groups is 1. The smallest absolute Gasteiger partial charge is 0.268 e. The molecule has 0 atom stereocenters. The van der Waals surface area contributed by atoms with Crippen molar-refractivity contribution in [2.24, 2.45) is 0 Å². The Kier molecular flexibility index (Phi) is 4.41. The summed E-state index contributed by atoms with van der Waals surface area (Å²) < 4.78 is 13.4. The molecule has 2 aromatic rings. The number of nitro benzene ring substituents is 1. The van der Waals surface area contributed by atoms with Crippen molar-refractivity contribution in [1.29, 1.82) is 0 Å². The standard InChI is InChI=1S/C16H9FN2O3S2/c17-11-3-7-12(8-4-11)18-15(20)14(24-16(18)23)9-10-1-5-13(6-2-10)19(21)22/h1-9H/b14-9+. The van der Waals surface area contributed by atoms with E-state index < -0.39 is 10.7 Å². The highest BCUT2D eigenvalue weighted by Crippen LogP contribution is 2.36. The number of thiocarbonyl (C=S) groups is 1. The number of hydrogen-bond acceptors (Lipinski definition) is 5. The van der Waals surface area contributed by atoms with Crippen LogP contribution in [0.1, 0.15) is 5.56 Å². The van der Waals surface area contributed by atoms with Gasteiger partial charge in [0.2, 0.25) is 0 Å². The fraction of sp³-hybridized carbons (Fsp3) is 0. The molecular formula is C16H9FN2O3S2. The van der Waals surface area contributed by atoms with Crippen LogP contribution in [-0.4, -0.2) is 15.2 Å². The van der Waals surface area contributed by atoms with E-state index >= 15 is 0 Å². The fourth-order valence-electron chi connectivity index (χ4n) is 2.12.